The third kappa shape index (κ3) is 5.21. The molecule has 0 unspecified atom stereocenters. The summed E-state index contributed by atoms with van der Waals surface area (Å²) in [5.74, 6) is 1.95. The highest BCUT2D eigenvalue weighted by Gasteiger charge is 2.23. The molecule has 0 aromatic heterocycles. The summed E-state index contributed by atoms with van der Waals surface area (Å²) in [4.78, 5) is 0. The van der Waals surface area contributed by atoms with Gasteiger partial charge in [-0.1, -0.05) is 97.1 Å². The molecule has 0 bridgehead atoms. The summed E-state index contributed by atoms with van der Waals surface area (Å²) in [7, 11) is 2.43. The van der Waals surface area contributed by atoms with Crippen molar-refractivity contribution in [1.82, 2.24) is 0 Å². The summed E-state index contributed by atoms with van der Waals surface area (Å²) in [5.41, 5.74) is 0. The van der Waals surface area contributed by atoms with Crippen LogP contribution in [0.15, 0.2) is 109 Å². The number of para-hydroxylation sites is 2. The molecule has 2 nitrogen and oxygen atoms in total. The van der Waals surface area contributed by atoms with Crippen molar-refractivity contribution in [3.63, 3.8) is 0 Å². The first kappa shape index (κ1) is 22.5. The summed E-state index contributed by atoms with van der Waals surface area (Å²) in [6.07, 6.45) is 2.16. The van der Waals surface area contributed by atoms with Gasteiger partial charge in [0.25, 0.3) is 0 Å². The molecule has 0 aliphatic heterocycles. The van der Waals surface area contributed by atoms with Gasteiger partial charge in [0.2, 0.25) is 0 Å². The van der Waals surface area contributed by atoms with Crippen LogP contribution in [-0.2, 0) is 0 Å². The van der Waals surface area contributed by atoms with Crippen LogP contribution < -0.4 is 30.7 Å². The molecule has 2 atom stereocenters. The van der Waals surface area contributed by atoms with Gasteiger partial charge >= 0.3 is 0 Å². The maximum Gasteiger partial charge on any atom is 0.126 e. The Morgan fingerprint density at radius 1 is 0.469 bits per heavy atom. The van der Waals surface area contributed by atoms with E-state index >= 15 is 0 Å². The lowest BCUT2D eigenvalue weighted by molar-refractivity contribution is 0.418. The van der Waals surface area contributed by atoms with E-state index in [1.165, 1.54) is 21.2 Å². The molecule has 4 aromatic carbocycles. The number of hydrogen-bond acceptors (Lipinski definition) is 2. The van der Waals surface area contributed by atoms with Crippen molar-refractivity contribution in [3.8, 4) is 11.5 Å². The van der Waals surface area contributed by atoms with Gasteiger partial charge in [-0.15, -0.1) is 0 Å². The molecule has 162 valence electrons. The van der Waals surface area contributed by atoms with Gasteiger partial charge < -0.3 is 9.47 Å². The SMILES string of the molecule is COc1ccccc1[P@@](CC[P@@](c1ccccc1)c1ccccc1OC)c1ccccc1. The lowest BCUT2D eigenvalue weighted by Gasteiger charge is -2.25. The van der Waals surface area contributed by atoms with E-state index in [9.17, 15) is 0 Å². The molecule has 0 spiro atoms. The Hall–Kier alpha value is -2.66. The minimum Gasteiger partial charge on any atom is -0.496 e. The van der Waals surface area contributed by atoms with Crippen molar-refractivity contribution in [2.45, 2.75) is 0 Å². The maximum atomic E-state index is 5.76. The van der Waals surface area contributed by atoms with Crippen LogP contribution in [0.5, 0.6) is 11.5 Å². The molecule has 4 aromatic rings. The highest BCUT2D eigenvalue weighted by Crippen LogP contribution is 2.44. The third-order valence-electron chi connectivity index (χ3n) is 5.43. The minimum absolute atomic E-state index is 0.554. The van der Waals surface area contributed by atoms with E-state index in [4.69, 9.17) is 9.47 Å². The molecular weight excluding hydrogens is 430 g/mol. The monoisotopic (exact) mass is 458 g/mol. The Bertz CT molecular complexity index is 1030. The highest BCUT2D eigenvalue weighted by atomic mass is 31.1. The van der Waals surface area contributed by atoms with Crippen LogP contribution in [0, 0.1) is 0 Å². The molecular formula is C28H28O2P2. The van der Waals surface area contributed by atoms with Crippen molar-refractivity contribution >= 4 is 37.1 Å². The smallest absolute Gasteiger partial charge is 0.126 e. The van der Waals surface area contributed by atoms with E-state index in [0.717, 1.165) is 23.8 Å². The molecule has 0 fully saturated rings. The Balaban J connectivity index is 1.72. The third-order valence-corrected chi connectivity index (χ3v) is 10.9. The summed E-state index contributed by atoms with van der Waals surface area (Å²) in [6, 6.07) is 38.7. The lowest BCUT2D eigenvalue weighted by Crippen LogP contribution is -2.21. The minimum atomic E-state index is -0.554. The quantitative estimate of drug-likeness (QED) is 0.318. The number of hydrogen-bond donors (Lipinski definition) is 0. The summed E-state index contributed by atoms with van der Waals surface area (Å²) < 4.78 is 11.5. The predicted molar refractivity (Wildman–Crippen MR) is 141 cm³/mol. The first-order valence-corrected chi connectivity index (χ1v) is 13.8. The molecule has 32 heavy (non-hydrogen) atoms. The van der Waals surface area contributed by atoms with Crippen molar-refractivity contribution < 1.29 is 9.47 Å². The van der Waals surface area contributed by atoms with Crippen LogP contribution in [-0.4, -0.2) is 26.5 Å². The van der Waals surface area contributed by atoms with Crippen LogP contribution in [0.4, 0.5) is 0 Å². The highest BCUT2D eigenvalue weighted by molar-refractivity contribution is 7.76. The predicted octanol–water partition coefficient (Wildman–Crippen LogP) is 5.27. The van der Waals surface area contributed by atoms with E-state index in [1.807, 2.05) is 12.1 Å². The first-order chi connectivity index (χ1) is 15.8. The van der Waals surface area contributed by atoms with Crippen LogP contribution in [0.3, 0.4) is 0 Å². The Kier molecular flexibility index (Phi) is 7.94. The molecule has 4 heteroatoms. The second-order valence-electron chi connectivity index (χ2n) is 7.32. The Morgan fingerprint density at radius 2 is 0.812 bits per heavy atom. The number of methoxy groups -OCH3 is 2. The van der Waals surface area contributed by atoms with Gasteiger partial charge in [0.05, 0.1) is 14.2 Å². The summed E-state index contributed by atoms with van der Waals surface area (Å²) in [6.45, 7) is 0. The fourth-order valence-electron chi connectivity index (χ4n) is 3.90. The molecule has 0 amide bonds. The topological polar surface area (TPSA) is 18.5 Å². The fraction of sp³-hybridized carbons (Fsp3) is 0.143. The Labute approximate surface area is 193 Å². The zero-order valence-electron chi connectivity index (χ0n) is 18.5. The average molecular weight is 458 g/mol. The van der Waals surface area contributed by atoms with Crippen molar-refractivity contribution in [2.24, 2.45) is 0 Å². The molecule has 0 aliphatic rings. The Morgan fingerprint density at radius 3 is 1.19 bits per heavy atom. The fourth-order valence-corrected chi connectivity index (χ4v) is 9.51. The van der Waals surface area contributed by atoms with Gasteiger partial charge in [-0.05, 0) is 50.9 Å². The molecule has 0 saturated carbocycles. The number of rotatable bonds is 9. The largest absolute Gasteiger partial charge is 0.496 e. The van der Waals surface area contributed by atoms with E-state index in [1.54, 1.807) is 14.2 Å². The van der Waals surface area contributed by atoms with Crippen LogP contribution in [0.1, 0.15) is 0 Å². The standard InChI is InChI=1S/C28H28O2P2/c1-29-25-17-9-11-19-27(25)31(23-13-5-3-6-14-23)21-22-32(24-15-7-4-8-16-24)28-20-12-10-18-26(28)30-2/h3-20H,21-22H2,1-2H3/t31-,32-/m0/s1. The number of benzene rings is 4. The summed E-state index contributed by atoms with van der Waals surface area (Å²) in [5, 5.41) is 5.38. The second kappa shape index (κ2) is 11.3. The zero-order valence-corrected chi connectivity index (χ0v) is 20.3. The van der Waals surface area contributed by atoms with Gasteiger partial charge in [-0.3, -0.25) is 0 Å². The zero-order chi connectivity index (χ0) is 22.2. The van der Waals surface area contributed by atoms with Gasteiger partial charge in [-0.2, -0.15) is 0 Å². The van der Waals surface area contributed by atoms with E-state index < -0.39 is 15.8 Å². The molecule has 4 rings (SSSR count). The van der Waals surface area contributed by atoms with E-state index in [0.29, 0.717) is 0 Å². The van der Waals surface area contributed by atoms with Crippen LogP contribution >= 0.6 is 15.8 Å². The average Bonchev–Trinajstić information content (AvgIpc) is 2.88. The normalized spacial score (nSPS) is 12.7. The van der Waals surface area contributed by atoms with Crippen LogP contribution in [0.2, 0.25) is 0 Å². The van der Waals surface area contributed by atoms with Gasteiger partial charge in [0, 0.05) is 10.6 Å². The van der Waals surface area contributed by atoms with E-state index in [-0.39, 0.29) is 0 Å². The maximum absolute atomic E-state index is 5.76. The van der Waals surface area contributed by atoms with Gasteiger partial charge in [0.15, 0.2) is 0 Å². The first-order valence-electron chi connectivity index (χ1n) is 10.7. The second-order valence-corrected chi connectivity index (χ2v) is 11.9. The molecule has 0 radical (unpaired) electrons. The molecule has 0 heterocycles. The van der Waals surface area contributed by atoms with Gasteiger partial charge in [-0.25, -0.2) is 0 Å². The number of ether oxygens (including phenoxy) is 2. The van der Waals surface area contributed by atoms with Gasteiger partial charge in [0.1, 0.15) is 11.5 Å². The molecule has 0 saturated heterocycles. The molecule has 0 N–H and O–H groups in total. The van der Waals surface area contributed by atoms with Crippen molar-refractivity contribution in [2.75, 3.05) is 26.5 Å². The summed E-state index contributed by atoms with van der Waals surface area (Å²) >= 11 is 0. The molecule has 0 aliphatic carbocycles. The van der Waals surface area contributed by atoms with Crippen molar-refractivity contribution in [1.29, 1.82) is 0 Å². The van der Waals surface area contributed by atoms with E-state index in [2.05, 4.69) is 97.1 Å². The van der Waals surface area contributed by atoms with Crippen LogP contribution in [0.25, 0.3) is 0 Å². The van der Waals surface area contributed by atoms with Crippen molar-refractivity contribution in [3.05, 3.63) is 109 Å². The lowest BCUT2D eigenvalue weighted by atomic mass is 10.3.